The average Bonchev–Trinajstić information content (AvgIpc) is 3.69. The maximum absolute atomic E-state index is 2.44. The second-order valence-corrected chi connectivity index (χ2v) is 15.9. The molecule has 0 spiro atoms. The fraction of sp³-hybridized carbons (Fsp3) is 0. The Kier molecular flexibility index (Phi) is 8.42. The fourth-order valence-electron chi connectivity index (χ4n) is 8.83. The van der Waals surface area contributed by atoms with Gasteiger partial charge in [-0.2, -0.15) is 0 Å². The lowest BCUT2D eigenvalue weighted by Gasteiger charge is -2.29. The first-order valence-electron chi connectivity index (χ1n) is 19.8. The Labute approximate surface area is 342 Å². The summed E-state index contributed by atoms with van der Waals surface area (Å²) in [4.78, 5) is 2.44. The second kappa shape index (κ2) is 14.4. The maximum atomic E-state index is 2.44. The molecule has 0 bridgehead atoms. The van der Waals surface area contributed by atoms with Crippen molar-refractivity contribution in [1.82, 2.24) is 0 Å². The third kappa shape index (κ3) is 5.86. The van der Waals surface area contributed by atoms with Gasteiger partial charge in [-0.25, -0.2) is 0 Å². The highest BCUT2D eigenvalue weighted by molar-refractivity contribution is 7.25. The van der Waals surface area contributed by atoms with Gasteiger partial charge in [-0.05, 0) is 103 Å². The highest BCUT2D eigenvalue weighted by Gasteiger charge is 2.21. The molecule has 11 aromatic rings. The lowest BCUT2D eigenvalue weighted by atomic mass is 9.91. The SMILES string of the molecule is c1cc(-c2ccccc2-c2cccc3ccccc23)cc(N(c2ccc(-c3cccc4ccccc34)cc2)c2ccccc2-c2cccc3sc4ccccc4c23)c1. The Bertz CT molecular complexity index is 3290. The molecular weight excluding hydrogens is 719 g/mol. The summed E-state index contributed by atoms with van der Waals surface area (Å²) in [7, 11) is 0. The summed E-state index contributed by atoms with van der Waals surface area (Å²) in [5.74, 6) is 0. The molecule has 0 unspecified atom stereocenters. The van der Waals surface area contributed by atoms with Crippen LogP contribution in [0.25, 0.3) is 86.2 Å². The van der Waals surface area contributed by atoms with Gasteiger partial charge in [-0.1, -0.05) is 182 Å². The summed E-state index contributed by atoms with van der Waals surface area (Å²) in [6.07, 6.45) is 0. The molecule has 0 atom stereocenters. The highest BCUT2D eigenvalue weighted by Crippen LogP contribution is 2.47. The summed E-state index contributed by atoms with van der Waals surface area (Å²) in [6.45, 7) is 0. The number of hydrogen-bond donors (Lipinski definition) is 0. The van der Waals surface area contributed by atoms with E-state index in [2.05, 4.69) is 229 Å². The van der Waals surface area contributed by atoms with Crippen LogP contribution >= 0.6 is 11.3 Å². The Morgan fingerprint density at radius 1 is 0.293 bits per heavy atom. The number of thiophene rings is 1. The first-order chi connectivity index (χ1) is 28.8. The first-order valence-corrected chi connectivity index (χ1v) is 20.7. The van der Waals surface area contributed by atoms with Gasteiger partial charge in [0.15, 0.2) is 0 Å². The van der Waals surface area contributed by atoms with Crippen LogP contribution in [-0.2, 0) is 0 Å². The predicted octanol–water partition coefficient (Wildman–Crippen LogP) is 16.5. The van der Waals surface area contributed by atoms with E-state index < -0.39 is 0 Å². The predicted molar refractivity (Wildman–Crippen MR) is 251 cm³/mol. The molecular formula is C56H37NS. The third-order valence-electron chi connectivity index (χ3n) is 11.5. The third-order valence-corrected chi connectivity index (χ3v) is 12.6. The van der Waals surface area contributed by atoms with E-state index in [0.29, 0.717) is 0 Å². The summed E-state index contributed by atoms with van der Waals surface area (Å²) in [6, 6.07) is 82.0. The number of hydrogen-bond acceptors (Lipinski definition) is 2. The molecule has 0 aliphatic heterocycles. The highest BCUT2D eigenvalue weighted by atomic mass is 32.1. The van der Waals surface area contributed by atoms with Gasteiger partial charge < -0.3 is 4.90 Å². The van der Waals surface area contributed by atoms with E-state index in [-0.39, 0.29) is 0 Å². The van der Waals surface area contributed by atoms with Crippen molar-refractivity contribution in [1.29, 1.82) is 0 Å². The summed E-state index contributed by atoms with van der Waals surface area (Å²) in [5.41, 5.74) is 13.0. The summed E-state index contributed by atoms with van der Waals surface area (Å²) >= 11 is 1.86. The maximum Gasteiger partial charge on any atom is 0.0540 e. The molecule has 1 nitrogen and oxygen atoms in total. The lowest BCUT2D eigenvalue weighted by Crippen LogP contribution is -2.11. The number of para-hydroxylation sites is 1. The Morgan fingerprint density at radius 3 is 1.62 bits per heavy atom. The second-order valence-electron chi connectivity index (χ2n) is 14.8. The van der Waals surface area contributed by atoms with Crippen molar-refractivity contribution in [2.24, 2.45) is 0 Å². The standard InChI is InChI=1S/C56H37NS/c1-3-21-44-38(15-1)17-12-27-45(44)40-33-35-42(36-34-40)57(53-30-9-7-25-50(53)51-29-14-32-55-56(51)52-26-8-10-31-54(52)58-55)43-20-11-19-41(37-43)47-23-5-6-24-48(47)49-28-13-18-39-16-2-4-22-46(39)49/h1-37H. The summed E-state index contributed by atoms with van der Waals surface area (Å²) < 4.78 is 2.60. The van der Waals surface area contributed by atoms with Crippen LogP contribution in [0.2, 0.25) is 0 Å². The lowest BCUT2D eigenvalue weighted by molar-refractivity contribution is 1.28. The Morgan fingerprint density at radius 2 is 0.828 bits per heavy atom. The number of nitrogens with zero attached hydrogens (tertiary/aromatic N) is 1. The van der Waals surface area contributed by atoms with Crippen molar-refractivity contribution in [3.8, 4) is 44.5 Å². The van der Waals surface area contributed by atoms with E-state index in [1.54, 1.807) is 0 Å². The van der Waals surface area contributed by atoms with Crippen LogP contribution in [0.4, 0.5) is 17.1 Å². The van der Waals surface area contributed by atoms with Crippen molar-refractivity contribution < 1.29 is 0 Å². The van der Waals surface area contributed by atoms with Crippen LogP contribution < -0.4 is 4.90 Å². The van der Waals surface area contributed by atoms with Crippen molar-refractivity contribution in [3.05, 3.63) is 224 Å². The van der Waals surface area contributed by atoms with Gasteiger partial charge in [0, 0.05) is 37.1 Å². The Balaban J connectivity index is 1.11. The van der Waals surface area contributed by atoms with Crippen molar-refractivity contribution in [2.75, 3.05) is 4.90 Å². The molecule has 2 heteroatoms. The zero-order valence-electron chi connectivity index (χ0n) is 31.7. The molecule has 10 aromatic carbocycles. The van der Waals surface area contributed by atoms with Gasteiger partial charge in [0.1, 0.15) is 0 Å². The molecule has 0 fully saturated rings. The molecule has 1 heterocycles. The average molecular weight is 756 g/mol. The van der Waals surface area contributed by atoms with Crippen LogP contribution in [0.3, 0.4) is 0 Å². The normalized spacial score (nSPS) is 11.4. The minimum atomic E-state index is 1.10. The van der Waals surface area contributed by atoms with E-state index in [1.807, 2.05) is 11.3 Å². The molecule has 11 rings (SSSR count). The van der Waals surface area contributed by atoms with Crippen molar-refractivity contribution >= 4 is 70.1 Å². The smallest absolute Gasteiger partial charge is 0.0540 e. The first kappa shape index (κ1) is 34.0. The number of rotatable bonds is 7. The largest absolute Gasteiger partial charge is 0.310 e. The molecule has 0 N–H and O–H groups in total. The molecule has 0 radical (unpaired) electrons. The van der Waals surface area contributed by atoms with Crippen LogP contribution in [0.5, 0.6) is 0 Å². The van der Waals surface area contributed by atoms with Crippen LogP contribution in [0.15, 0.2) is 224 Å². The minimum absolute atomic E-state index is 1.10. The fourth-order valence-corrected chi connectivity index (χ4v) is 9.96. The number of benzene rings is 10. The molecule has 0 amide bonds. The monoisotopic (exact) mass is 755 g/mol. The zero-order valence-corrected chi connectivity index (χ0v) is 32.5. The summed E-state index contributed by atoms with van der Waals surface area (Å²) in [5, 5.41) is 7.60. The van der Waals surface area contributed by atoms with Gasteiger partial charge in [0.05, 0.1) is 5.69 Å². The van der Waals surface area contributed by atoms with Gasteiger partial charge in [0.25, 0.3) is 0 Å². The molecule has 0 saturated carbocycles. The molecule has 0 aliphatic carbocycles. The van der Waals surface area contributed by atoms with Gasteiger partial charge in [-0.15, -0.1) is 11.3 Å². The Hall–Kier alpha value is -7.26. The quantitative estimate of drug-likeness (QED) is 0.157. The molecule has 272 valence electrons. The van der Waals surface area contributed by atoms with Gasteiger partial charge in [-0.3, -0.25) is 0 Å². The minimum Gasteiger partial charge on any atom is -0.310 e. The molecule has 1 aromatic heterocycles. The van der Waals surface area contributed by atoms with Gasteiger partial charge >= 0.3 is 0 Å². The van der Waals surface area contributed by atoms with Gasteiger partial charge in [0.2, 0.25) is 0 Å². The van der Waals surface area contributed by atoms with Crippen LogP contribution in [0.1, 0.15) is 0 Å². The van der Waals surface area contributed by atoms with E-state index in [1.165, 1.54) is 86.2 Å². The van der Waals surface area contributed by atoms with Crippen LogP contribution in [0, 0.1) is 0 Å². The molecule has 0 saturated heterocycles. The number of fused-ring (bicyclic) bond motifs is 5. The van der Waals surface area contributed by atoms with E-state index in [0.717, 1.165) is 17.1 Å². The number of anilines is 3. The topological polar surface area (TPSA) is 3.24 Å². The van der Waals surface area contributed by atoms with Crippen molar-refractivity contribution in [3.63, 3.8) is 0 Å². The van der Waals surface area contributed by atoms with Crippen LogP contribution in [-0.4, -0.2) is 0 Å². The molecule has 58 heavy (non-hydrogen) atoms. The zero-order chi connectivity index (χ0) is 38.4. The van der Waals surface area contributed by atoms with E-state index in [9.17, 15) is 0 Å². The van der Waals surface area contributed by atoms with Crippen molar-refractivity contribution in [2.45, 2.75) is 0 Å². The van der Waals surface area contributed by atoms with E-state index >= 15 is 0 Å². The van der Waals surface area contributed by atoms with E-state index in [4.69, 9.17) is 0 Å². The molecule has 0 aliphatic rings.